The number of fused-ring (bicyclic) bond motifs is 1. The molecule has 1 saturated carbocycles. The minimum Gasteiger partial charge on any atom is -0.367 e. The Morgan fingerprint density at radius 3 is 2.84 bits per heavy atom. The van der Waals surface area contributed by atoms with Gasteiger partial charge in [0, 0.05) is 6.04 Å². The van der Waals surface area contributed by atoms with E-state index in [0.717, 1.165) is 17.2 Å². The number of rotatable bonds is 3. The van der Waals surface area contributed by atoms with E-state index in [0.29, 0.717) is 12.0 Å². The monoisotopic (exact) mass is 276 g/mol. The van der Waals surface area contributed by atoms with Gasteiger partial charge in [-0.05, 0) is 56.0 Å². The van der Waals surface area contributed by atoms with Crippen LogP contribution in [0.4, 0.5) is 5.82 Å². The van der Waals surface area contributed by atoms with Gasteiger partial charge in [0.1, 0.15) is 17.0 Å². The van der Waals surface area contributed by atoms with Crippen LogP contribution in [0.2, 0.25) is 0 Å². The Bertz CT molecular complexity index is 558. The molecule has 3 N–H and O–H groups in total. The molecular weight excluding hydrogens is 256 g/mol. The first-order valence-electron chi connectivity index (χ1n) is 6.93. The fourth-order valence-corrected chi connectivity index (χ4v) is 3.75. The average molecular weight is 276 g/mol. The summed E-state index contributed by atoms with van der Waals surface area (Å²) in [5.74, 6) is 1.71. The van der Waals surface area contributed by atoms with E-state index in [2.05, 4.69) is 27.6 Å². The maximum atomic E-state index is 5.74. The zero-order valence-corrected chi connectivity index (χ0v) is 12.0. The number of thiophene rings is 1. The molecule has 0 spiro atoms. The van der Waals surface area contributed by atoms with Gasteiger partial charge in [0.25, 0.3) is 0 Å². The minimum atomic E-state index is 0.528. The van der Waals surface area contributed by atoms with E-state index >= 15 is 0 Å². The average Bonchev–Trinajstić information content (AvgIpc) is 2.83. The molecule has 0 radical (unpaired) electrons. The summed E-state index contributed by atoms with van der Waals surface area (Å²) >= 11 is 1.69. The van der Waals surface area contributed by atoms with Gasteiger partial charge in [-0.2, -0.15) is 0 Å². The quantitative estimate of drug-likeness (QED) is 0.904. The number of nitrogens with zero attached hydrogens (tertiary/aromatic N) is 2. The maximum Gasteiger partial charge on any atom is 0.138 e. The van der Waals surface area contributed by atoms with Crippen molar-refractivity contribution in [3.63, 3.8) is 0 Å². The normalized spacial score (nSPS) is 23.7. The minimum absolute atomic E-state index is 0.528. The summed E-state index contributed by atoms with van der Waals surface area (Å²) in [6.07, 6.45) is 6.50. The molecule has 102 valence electrons. The lowest BCUT2D eigenvalue weighted by atomic mass is 9.86. The molecule has 1 aliphatic rings. The van der Waals surface area contributed by atoms with Crippen molar-refractivity contribution in [2.24, 2.45) is 11.7 Å². The van der Waals surface area contributed by atoms with Crippen molar-refractivity contribution >= 4 is 27.4 Å². The summed E-state index contributed by atoms with van der Waals surface area (Å²) in [6.45, 7) is 2.95. The van der Waals surface area contributed by atoms with E-state index in [1.807, 2.05) is 0 Å². The molecule has 5 heteroatoms. The largest absolute Gasteiger partial charge is 0.367 e. The van der Waals surface area contributed by atoms with Crippen LogP contribution >= 0.6 is 11.3 Å². The smallest absolute Gasteiger partial charge is 0.138 e. The number of anilines is 1. The fourth-order valence-electron chi connectivity index (χ4n) is 2.86. The van der Waals surface area contributed by atoms with Crippen molar-refractivity contribution in [1.82, 2.24) is 9.97 Å². The van der Waals surface area contributed by atoms with Crippen molar-refractivity contribution in [3.8, 4) is 0 Å². The molecule has 2 heterocycles. The highest BCUT2D eigenvalue weighted by atomic mass is 32.1. The number of aromatic nitrogens is 2. The molecule has 2 aromatic rings. The van der Waals surface area contributed by atoms with Gasteiger partial charge in [-0.1, -0.05) is 0 Å². The van der Waals surface area contributed by atoms with Crippen LogP contribution in [-0.2, 0) is 0 Å². The molecular formula is C14H20N4S. The molecule has 0 aromatic carbocycles. The Labute approximate surface area is 117 Å². The van der Waals surface area contributed by atoms with E-state index in [1.54, 1.807) is 17.7 Å². The van der Waals surface area contributed by atoms with E-state index in [-0.39, 0.29) is 0 Å². The summed E-state index contributed by atoms with van der Waals surface area (Å²) in [5.41, 5.74) is 7.00. The third kappa shape index (κ3) is 2.58. The lowest BCUT2D eigenvalue weighted by Gasteiger charge is -2.28. The van der Waals surface area contributed by atoms with Gasteiger partial charge >= 0.3 is 0 Å². The van der Waals surface area contributed by atoms with Crippen LogP contribution in [0.25, 0.3) is 10.2 Å². The first-order valence-corrected chi connectivity index (χ1v) is 7.81. The molecule has 0 bridgehead atoms. The zero-order chi connectivity index (χ0) is 13.2. The van der Waals surface area contributed by atoms with Crippen molar-refractivity contribution in [3.05, 3.63) is 17.3 Å². The summed E-state index contributed by atoms with van der Waals surface area (Å²) in [7, 11) is 0. The molecule has 1 aliphatic carbocycles. The van der Waals surface area contributed by atoms with E-state index in [1.165, 1.54) is 36.6 Å². The van der Waals surface area contributed by atoms with Crippen LogP contribution in [0, 0.1) is 12.8 Å². The van der Waals surface area contributed by atoms with Crippen LogP contribution < -0.4 is 11.1 Å². The summed E-state index contributed by atoms with van der Waals surface area (Å²) in [5, 5.41) is 6.95. The van der Waals surface area contributed by atoms with Crippen molar-refractivity contribution in [1.29, 1.82) is 0 Å². The van der Waals surface area contributed by atoms with Crippen molar-refractivity contribution < 1.29 is 0 Å². The van der Waals surface area contributed by atoms with Gasteiger partial charge in [-0.15, -0.1) is 11.3 Å². The number of aryl methyl sites for hydroxylation is 1. The molecule has 0 amide bonds. The molecule has 0 atom stereocenters. The van der Waals surface area contributed by atoms with Crippen LogP contribution in [0.3, 0.4) is 0 Å². The van der Waals surface area contributed by atoms with Gasteiger partial charge in [0.05, 0.1) is 5.39 Å². The van der Waals surface area contributed by atoms with Crippen LogP contribution in [0.5, 0.6) is 0 Å². The topological polar surface area (TPSA) is 63.8 Å². The molecule has 0 aliphatic heterocycles. The predicted octanol–water partition coefficient (Wildman–Crippen LogP) is 2.93. The molecule has 0 saturated heterocycles. The third-order valence-corrected chi connectivity index (χ3v) is 5.08. The highest BCUT2D eigenvalue weighted by molar-refractivity contribution is 7.17. The standard InChI is InChI=1S/C14H20N4S/c1-9-7-19-14-12(9)13(16-8-17-14)18-11-4-2-10(6-15)3-5-11/h7-8,10-11H,2-6,15H2,1H3,(H,16,17,18). The Morgan fingerprint density at radius 2 is 2.11 bits per heavy atom. The Hall–Kier alpha value is -1.20. The fraction of sp³-hybridized carbons (Fsp3) is 0.571. The van der Waals surface area contributed by atoms with E-state index < -0.39 is 0 Å². The third-order valence-electron chi connectivity index (χ3n) is 4.08. The maximum absolute atomic E-state index is 5.74. The molecule has 4 nitrogen and oxygen atoms in total. The molecule has 1 fully saturated rings. The predicted molar refractivity (Wildman–Crippen MR) is 80.6 cm³/mol. The van der Waals surface area contributed by atoms with Crippen LogP contribution in [-0.4, -0.2) is 22.6 Å². The number of hydrogen-bond donors (Lipinski definition) is 2. The van der Waals surface area contributed by atoms with Crippen LogP contribution in [0.15, 0.2) is 11.7 Å². The second-order valence-electron chi connectivity index (χ2n) is 5.42. The van der Waals surface area contributed by atoms with Crippen molar-refractivity contribution in [2.75, 3.05) is 11.9 Å². The first kappa shape index (κ1) is 12.8. The number of nitrogens with two attached hydrogens (primary N) is 1. The van der Waals surface area contributed by atoms with Crippen molar-refractivity contribution in [2.45, 2.75) is 38.6 Å². The molecule has 19 heavy (non-hydrogen) atoms. The lowest BCUT2D eigenvalue weighted by molar-refractivity contribution is 0.344. The molecule has 0 unspecified atom stereocenters. The number of nitrogens with one attached hydrogen (secondary N) is 1. The van der Waals surface area contributed by atoms with Gasteiger partial charge in [-0.25, -0.2) is 9.97 Å². The molecule has 3 rings (SSSR count). The second kappa shape index (κ2) is 5.43. The Kier molecular flexibility index (Phi) is 3.66. The zero-order valence-electron chi connectivity index (χ0n) is 11.2. The Morgan fingerprint density at radius 1 is 1.32 bits per heavy atom. The lowest BCUT2D eigenvalue weighted by Crippen LogP contribution is -2.29. The van der Waals surface area contributed by atoms with Gasteiger partial charge in [0.2, 0.25) is 0 Å². The SMILES string of the molecule is Cc1csc2ncnc(NC3CCC(CN)CC3)c12. The molecule has 2 aromatic heterocycles. The Balaban J connectivity index is 1.77. The van der Waals surface area contributed by atoms with Gasteiger partial charge in [-0.3, -0.25) is 0 Å². The second-order valence-corrected chi connectivity index (χ2v) is 6.28. The highest BCUT2D eigenvalue weighted by Crippen LogP contribution is 2.31. The van der Waals surface area contributed by atoms with Gasteiger partial charge in [0.15, 0.2) is 0 Å². The first-order chi connectivity index (χ1) is 9.28. The summed E-state index contributed by atoms with van der Waals surface area (Å²) < 4.78 is 0. The summed E-state index contributed by atoms with van der Waals surface area (Å²) in [4.78, 5) is 9.84. The van der Waals surface area contributed by atoms with E-state index in [9.17, 15) is 0 Å². The highest BCUT2D eigenvalue weighted by Gasteiger charge is 2.21. The number of hydrogen-bond acceptors (Lipinski definition) is 5. The van der Waals surface area contributed by atoms with Crippen LogP contribution in [0.1, 0.15) is 31.2 Å². The van der Waals surface area contributed by atoms with Gasteiger partial charge < -0.3 is 11.1 Å². The summed E-state index contributed by atoms with van der Waals surface area (Å²) in [6, 6.07) is 0.528. The van der Waals surface area contributed by atoms with E-state index in [4.69, 9.17) is 5.73 Å².